The Kier molecular flexibility index (Phi) is 3.10. The van der Waals surface area contributed by atoms with Crippen molar-refractivity contribution in [3.63, 3.8) is 0 Å². The largest absolute Gasteiger partial charge is 0.459 e. The van der Waals surface area contributed by atoms with Crippen molar-refractivity contribution in [3.05, 3.63) is 35.6 Å². The Morgan fingerprint density at radius 3 is 2.94 bits per heavy atom. The number of hydrogen-bond acceptors (Lipinski definition) is 3. The molecule has 1 unspecified atom stereocenters. The summed E-state index contributed by atoms with van der Waals surface area (Å²) in [6.07, 6.45) is 2.60. The number of nitrogens with two attached hydrogens (primary N) is 1. The first-order valence-electron chi connectivity index (χ1n) is 6.73. The van der Waals surface area contributed by atoms with Gasteiger partial charge in [-0.3, -0.25) is 4.90 Å². The summed E-state index contributed by atoms with van der Waals surface area (Å²) in [7, 11) is 0. The van der Waals surface area contributed by atoms with Gasteiger partial charge in [0.15, 0.2) is 0 Å². The molecule has 0 aliphatic carbocycles. The Labute approximate surface area is 108 Å². The summed E-state index contributed by atoms with van der Waals surface area (Å²) in [5.41, 5.74) is 8.05. The van der Waals surface area contributed by atoms with Crippen LogP contribution in [0.3, 0.4) is 0 Å². The van der Waals surface area contributed by atoms with E-state index in [2.05, 4.69) is 24.0 Å². The molecule has 1 aliphatic heterocycles. The molecule has 0 spiro atoms. The highest BCUT2D eigenvalue weighted by molar-refractivity contribution is 5.82. The summed E-state index contributed by atoms with van der Waals surface area (Å²) in [6, 6.07) is 8.90. The second-order valence-electron chi connectivity index (χ2n) is 5.17. The lowest BCUT2D eigenvalue weighted by Crippen LogP contribution is -2.26. The number of rotatable bonds is 3. The summed E-state index contributed by atoms with van der Waals surface area (Å²) in [6.45, 7) is 4.93. The van der Waals surface area contributed by atoms with Gasteiger partial charge < -0.3 is 10.2 Å². The van der Waals surface area contributed by atoms with E-state index in [0.717, 1.165) is 17.9 Å². The molecule has 2 N–H and O–H groups in total. The van der Waals surface area contributed by atoms with E-state index in [4.69, 9.17) is 10.2 Å². The Morgan fingerprint density at radius 2 is 2.22 bits per heavy atom. The standard InChI is InChI=1S/C15H20N2O/c1-11-5-4-8-17(11)10-13-12-6-2-3-7-14(12)18-15(13)9-16/h2-3,6-7,11H,4-5,8-10,16H2,1H3. The van der Waals surface area contributed by atoms with Crippen LogP contribution in [0, 0.1) is 0 Å². The van der Waals surface area contributed by atoms with Gasteiger partial charge >= 0.3 is 0 Å². The average Bonchev–Trinajstić information content (AvgIpc) is 2.95. The molecular formula is C15H20N2O. The molecule has 18 heavy (non-hydrogen) atoms. The minimum Gasteiger partial charge on any atom is -0.459 e. The van der Waals surface area contributed by atoms with Crippen molar-refractivity contribution in [2.24, 2.45) is 5.73 Å². The highest BCUT2D eigenvalue weighted by Crippen LogP contribution is 2.29. The molecule has 1 aliphatic rings. The van der Waals surface area contributed by atoms with E-state index in [1.807, 2.05) is 12.1 Å². The fraction of sp³-hybridized carbons (Fsp3) is 0.467. The Balaban J connectivity index is 1.98. The van der Waals surface area contributed by atoms with Crippen LogP contribution >= 0.6 is 0 Å². The smallest absolute Gasteiger partial charge is 0.134 e. The van der Waals surface area contributed by atoms with E-state index in [1.165, 1.54) is 30.3 Å². The quantitative estimate of drug-likeness (QED) is 0.902. The van der Waals surface area contributed by atoms with Crippen molar-refractivity contribution in [3.8, 4) is 0 Å². The predicted octanol–water partition coefficient (Wildman–Crippen LogP) is 2.88. The van der Waals surface area contributed by atoms with Crippen molar-refractivity contribution >= 4 is 11.0 Å². The highest BCUT2D eigenvalue weighted by atomic mass is 16.3. The van der Waals surface area contributed by atoms with Gasteiger partial charge in [-0.15, -0.1) is 0 Å². The molecule has 0 amide bonds. The normalized spacial score (nSPS) is 20.9. The number of hydrogen-bond donors (Lipinski definition) is 1. The van der Waals surface area contributed by atoms with Gasteiger partial charge in [-0.2, -0.15) is 0 Å². The monoisotopic (exact) mass is 244 g/mol. The maximum absolute atomic E-state index is 5.84. The van der Waals surface area contributed by atoms with Crippen LogP contribution in [-0.4, -0.2) is 17.5 Å². The molecule has 1 fully saturated rings. The van der Waals surface area contributed by atoms with Gasteiger partial charge in [0.05, 0.1) is 6.54 Å². The van der Waals surface area contributed by atoms with Crippen LogP contribution in [0.5, 0.6) is 0 Å². The molecule has 2 aromatic rings. The second-order valence-corrected chi connectivity index (χ2v) is 5.17. The lowest BCUT2D eigenvalue weighted by molar-refractivity contribution is 0.259. The van der Waals surface area contributed by atoms with Gasteiger partial charge in [0.1, 0.15) is 11.3 Å². The SMILES string of the molecule is CC1CCCN1Cc1c(CN)oc2ccccc12. The van der Waals surface area contributed by atoms with Gasteiger partial charge in [0.2, 0.25) is 0 Å². The van der Waals surface area contributed by atoms with Crippen molar-refractivity contribution < 1.29 is 4.42 Å². The van der Waals surface area contributed by atoms with Gasteiger partial charge in [-0.05, 0) is 32.4 Å². The first-order valence-corrected chi connectivity index (χ1v) is 6.73. The Hall–Kier alpha value is -1.32. The predicted molar refractivity (Wildman–Crippen MR) is 73.2 cm³/mol. The number of nitrogens with zero attached hydrogens (tertiary/aromatic N) is 1. The van der Waals surface area contributed by atoms with Crippen LogP contribution in [0.2, 0.25) is 0 Å². The molecule has 1 aromatic heterocycles. The molecule has 3 nitrogen and oxygen atoms in total. The van der Waals surface area contributed by atoms with Crippen LogP contribution in [0.1, 0.15) is 31.1 Å². The highest BCUT2D eigenvalue weighted by Gasteiger charge is 2.23. The summed E-state index contributed by atoms with van der Waals surface area (Å²) in [5, 5.41) is 1.22. The van der Waals surface area contributed by atoms with Crippen molar-refractivity contribution in [1.29, 1.82) is 0 Å². The third kappa shape index (κ3) is 1.93. The number of furan rings is 1. The van der Waals surface area contributed by atoms with Crippen LogP contribution in [0.25, 0.3) is 11.0 Å². The lowest BCUT2D eigenvalue weighted by Gasteiger charge is -2.20. The number of para-hydroxylation sites is 1. The zero-order valence-electron chi connectivity index (χ0n) is 10.9. The van der Waals surface area contributed by atoms with Gasteiger partial charge in [0, 0.05) is 23.5 Å². The van der Waals surface area contributed by atoms with Gasteiger partial charge in [-0.25, -0.2) is 0 Å². The Morgan fingerprint density at radius 1 is 1.39 bits per heavy atom. The fourth-order valence-electron chi connectivity index (χ4n) is 2.92. The van der Waals surface area contributed by atoms with E-state index in [9.17, 15) is 0 Å². The molecule has 3 heteroatoms. The van der Waals surface area contributed by atoms with E-state index in [-0.39, 0.29) is 0 Å². The first-order chi connectivity index (χ1) is 8.79. The molecule has 0 radical (unpaired) electrons. The first kappa shape index (κ1) is 11.8. The van der Waals surface area contributed by atoms with E-state index < -0.39 is 0 Å². The van der Waals surface area contributed by atoms with Gasteiger partial charge in [0.25, 0.3) is 0 Å². The second kappa shape index (κ2) is 4.75. The zero-order chi connectivity index (χ0) is 12.5. The van der Waals surface area contributed by atoms with Crippen molar-refractivity contribution in [2.75, 3.05) is 6.54 Å². The minimum atomic E-state index is 0.478. The van der Waals surface area contributed by atoms with Crippen LogP contribution in [0.4, 0.5) is 0 Å². The zero-order valence-corrected chi connectivity index (χ0v) is 10.9. The van der Waals surface area contributed by atoms with Crippen molar-refractivity contribution in [1.82, 2.24) is 4.90 Å². The van der Waals surface area contributed by atoms with Crippen molar-refractivity contribution in [2.45, 2.75) is 38.9 Å². The molecule has 1 aromatic carbocycles. The van der Waals surface area contributed by atoms with E-state index in [0.29, 0.717) is 12.6 Å². The lowest BCUT2D eigenvalue weighted by atomic mass is 10.1. The van der Waals surface area contributed by atoms with E-state index in [1.54, 1.807) is 0 Å². The minimum absolute atomic E-state index is 0.478. The molecule has 1 atom stereocenters. The summed E-state index contributed by atoms with van der Waals surface area (Å²) >= 11 is 0. The average molecular weight is 244 g/mol. The molecule has 3 rings (SSSR count). The number of benzene rings is 1. The van der Waals surface area contributed by atoms with Crippen LogP contribution in [0.15, 0.2) is 28.7 Å². The molecule has 2 heterocycles. The molecule has 0 saturated carbocycles. The number of fused-ring (bicyclic) bond motifs is 1. The summed E-state index contributed by atoms with van der Waals surface area (Å²) < 4.78 is 5.84. The maximum Gasteiger partial charge on any atom is 0.134 e. The molecule has 96 valence electrons. The molecule has 1 saturated heterocycles. The summed E-state index contributed by atoms with van der Waals surface area (Å²) in [5.74, 6) is 0.940. The molecule has 0 bridgehead atoms. The summed E-state index contributed by atoms with van der Waals surface area (Å²) in [4.78, 5) is 2.52. The third-order valence-corrected chi connectivity index (χ3v) is 4.02. The van der Waals surface area contributed by atoms with E-state index >= 15 is 0 Å². The molecular weight excluding hydrogens is 224 g/mol. The van der Waals surface area contributed by atoms with Gasteiger partial charge in [-0.1, -0.05) is 18.2 Å². The Bertz CT molecular complexity index is 546. The maximum atomic E-state index is 5.84. The number of likely N-dealkylation sites (tertiary alicyclic amines) is 1. The van der Waals surface area contributed by atoms with Crippen LogP contribution < -0.4 is 5.73 Å². The fourth-order valence-corrected chi connectivity index (χ4v) is 2.92. The third-order valence-electron chi connectivity index (χ3n) is 4.02. The topological polar surface area (TPSA) is 42.4 Å². The van der Waals surface area contributed by atoms with Crippen LogP contribution in [-0.2, 0) is 13.1 Å².